The van der Waals surface area contributed by atoms with E-state index in [1.54, 1.807) is 0 Å². The molecule has 1 atom stereocenters. The van der Waals surface area contributed by atoms with E-state index in [-0.39, 0.29) is 25.2 Å². The van der Waals surface area contributed by atoms with E-state index < -0.39 is 6.09 Å². The summed E-state index contributed by atoms with van der Waals surface area (Å²) in [5.74, 6) is 0.171. The van der Waals surface area contributed by atoms with Crippen LogP contribution in [0.5, 0.6) is 0 Å². The first kappa shape index (κ1) is 13.5. The normalized spacial score (nSPS) is 12.2. The van der Waals surface area contributed by atoms with E-state index in [1.807, 2.05) is 44.2 Å². The van der Waals surface area contributed by atoms with Crippen molar-refractivity contribution in [1.82, 2.24) is 5.32 Å². The highest BCUT2D eigenvalue weighted by Crippen LogP contribution is 2.03. The van der Waals surface area contributed by atoms with Gasteiger partial charge in [-0.2, -0.15) is 0 Å². The topological polar surface area (TPSA) is 58.6 Å². The van der Waals surface area contributed by atoms with Gasteiger partial charge in [0.25, 0.3) is 0 Å². The predicted molar refractivity (Wildman–Crippen MR) is 65.5 cm³/mol. The Morgan fingerprint density at radius 2 is 2.00 bits per heavy atom. The van der Waals surface area contributed by atoms with Gasteiger partial charge in [0.2, 0.25) is 0 Å². The summed E-state index contributed by atoms with van der Waals surface area (Å²) in [5.41, 5.74) is 0.938. The molecule has 0 aromatic heterocycles. The van der Waals surface area contributed by atoms with Crippen LogP contribution in [0, 0.1) is 5.92 Å². The van der Waals surface area contributed by atoms with Crippen LogP contribution in [0.3, 0.4) is 0 Å². The number of hydrogen-bond acceptors (Lipinski definition) is 3. The lowest BCUT2D eigenvalue weighted by molar-refractivity contribution is 0.123. The van der Waals surface area contributed by atoms with E-state index in [1.165, 1.54) is 0 Å². The molecule has 0 aliphatic rings. The zero-order valence-corrected chi connectivity index (χ0v) is 10.2. The highest BCUT2D eigenvalue weighted by molar-refractivity contribution is 5.67. The van der Waals surface area contributed by atoms with Crippen molar-refractivity contribution in [2.75, 3.05) is 6.61 Å². The van der Waals surface area contributed by atoms with Crippen LogP contribution >= 0.6 is 0 Å². The zero-order chi connectivity index (χ0) is 12.7. The number of aliphatic hydroxyl groups excluding tert-OH is 1. The van der Waals surface area contributed by atoms with Gasteiger partial charge in [-0.15, -0.1) is 0 Å². The third kappa shape index (κ3) is 4.87. The van der Waals surface area contributed by atoms with Gasteiger partial charge in [-0.25, -0.2) is 4.79 Å². The van der Waals surface area contributed by atoms with Crippen molar-refractivity contribution in [3.05, 3.63) is 35.9 Å². The second-order valence-corrected chi connectivity index (χ2v) is 4.24. The first-order valence-electron chi connectivity index (χ1n) is 5.71. The Kier molecular flexibility index (Phi) is 5.49. The largest absolute Gasteiger partial charge is 0.445 e. The average Bonchev–Trinajstić information content (AvgIpc) is 2.34. The number of alkyl carbamates (subject to hydrolysis) is 1. The number of hydrogen-bond donors (Lipinski definition) is 2. The van der Waals surface area contributed by atoms with Crippen molar-refractivity contribution in [3.8, 4) is 0 Å². The van der Waals surface area contributed by atoms with Crippen molar-refractivity contribution >= 4 is 6.09 Å². The lowest BCUT2D eigenvalue weighted by atomic mass is 10.1. The number of ether oxygens (including phenoxy) is 1. The molecule has 2 N–H and O–H groups in total. The van der Waals surface area contributed by atoms with Gasteiger partial charge in [0.05, 0.1) is 12.6 Å². The maximum atomic E-state index is 11.4. The van der Waals surface area contributed by atoms with Crippen LogP contribution in [-0.4, -0.2) is 23.8 Å². The number of carbonyl (C=O) groups is 1. The number of aliphatic hydroxyl groups is 1. The molecule has 4 heteroatoms. The first-order valence-corrected chi connectivity index (χ1v) is 5.71. The maximum absolute atomic E-state index is 11.4. The van der Waals surface area contributed by atoms with Gasteiger partial charge in [-0.05, 0) is 11.5 Å². The average molecular weight is 237 g/mol. The minimum absolute atomic E-state index is 0.0852. The van der Waals surface area contributed by atoms with Gasteiger partial charge in [-0.1, -0.05) is 44.2 Å². The highest BCUT2D eigenvalue weighted by atomic mass is 16.5. The molecule has 1 unspecified atom stereocenters. The summed E-state index contributed by atoms with van der Waals surface area (Å²) in [6.07, 6.45) is -0.499. The third-order valence-corrected chi connectivity index (χ3v) is 2.52. The molecule has 1 rings (SSSR count). The molecule has 0 aliphatic carbocycles. The van der Waals surface area contributed by atoms with Crippen LogP contribution in [0.1, 0.15) is 19.4 Å². The first-order chi connectivity index (χ1) is 8.13. The second kappa shape index (κ2) is 6.91. The van der Waals surface area contributed by atoms with Crippen molar-refractivity contribution in [2.24, 2.45) is 5.92 Å². The quantitative estimate of drug-likeness (QED) is 0.822. The summed E-state index contributed by atoms with van der Waals surface area (Å²) in [4.78, 5) is 11.4. The van der Waals surface area contributed by atoms with E-state index in [0.29, 0.717) is 0 Å². The summed E-state index contributed by atoms with van der Waals surface area (Å²) in [5, 5.41) is 11.7. The SMILES string of the molecule is CC(C)C(CO)NC(=O)OCc1ccccc1. The number of rotatable bonds is 5. The molecule has 0 aliphatic heterocycles. The molecule has 0 saturated heterocycles. The van der Waals surface area contributed by atoms with Gasteiger partial charge in [0.1, 0.15) is 6.61 Å². The molecule has 1 aromatic carbocycles. The standard InChI is InChI=1S/C13H19NO3/c1-10(2)12(8-15)14-13(16)17-9-11-6-4-3-5-7-11/h3-7,10,12,15H,8-9H2,1-2H3,(H,14,16). The fourth-order valence-corrected chi connectivity index (χ4v) is 1.34. The summed E-state index contributed by atoms with van der Waals surface area (Å²) < 4.78 is 5.05. The molecule has 0 heterocycles. The Balaban J connectivity index is 2.35. The van der Waals surface area contributed by atoms with Gasteiger partial charge in [0.15, 0.2) is 0 Å². The van der Waals surface area contributed by atoms with Crippen LogP contribution < -0.4 is 5.32 Å². The third-order valence-electron chi connectivity index (χ3n) is 2.52. The Bertz CT molecular complexity index is 338. The molecule has 0 fully saturated rings. The molecular weight excluding hydrogens is 218 g/mol. The fourth-order valence-electron chi connectivity index (χ4n) is 1.34. The smallest absolute Gasteiger partial charge is 0.407 e. The highest BCUT2D eigenvalue weighted by Gasteiger charge is 2.15. The molecule has 17 heavy (non-hydrogen) atoms. The predicted octanol–water partition coefficient (Wildman–Crippen LogP) is 1.93. The Morgan fingerprint density at radius 3 is 2.53 bits per heavy atom. The van der Waals surface area contributed by atoms with E-state index in [9.17, 15) is 4.79 Å². The summed E-state index contributed by atoms with van der Waals surface area (Å²) in [7, 11) is 0. The minimum Gasteiger partial charge on any atom is -0.445 e. The number of amides is 1. The zero-order valence-electron chi connectivity index (χ0n) is 10.2. The number of benzene rings is 1. The number of carbonyl (C=O) groups excluding carboxylic acids is 1. The Morgan fingerprint density at radius 1 is 1.35 bits per heavy atom. The van der Waals surface area contributed by atoms with Crippen LogP contribution in [0.2, 0.25) is 0 Å². The number of nitrogens with one attached hydrogen (secondary N) is 1. The van der Waals surface area contributed by atoms with Crippen molar-refractivity contribution < 1.29 is 14.6 Å². The molecular formula is C13H19NO3. The minimum atomic E-state index is -0.499. The van der Waals surface area contributed by atoms with Gasteiger partial charge in [-0.3, -0.25) is 0 Å². The molecule has 0 saturated carbocycles. The molecule has 1 aromatic rings. The van der Waals surface area contributed by atoms with Gasteiger partial charge < -0.3 is 15.2 Å². The Labute approximate surface area is 102 Å². The van der Waals surface area contributed by atoms with Crippen LogP contribution in [0.15, 0.2) is 30.3 Å². The van der Waals surface area contributed by atoms with Crippen molar-refractivity contribution in [2.45, 2.75) is 26.5 Å². The molecule has 1 amide bonds. The molecule has 0 radical (unpaired) electrons. The van der Waals surface area contributed by atoms with Crippen LogP contribution in [0.25, 0.3) is 0 Å². The summed E-state index contributed by atoms with van der Waals surface area (Å²) in [6, 6.07) is 9.20. The van der Waals surface area contributed by atoms with Crippen molar-refractivity contribution in [3.63, 3.8) is 0 Å². The fraction of sp³-hybridized carbons (Fsp3) is 0.462. The van der Waals surface area contributed by atoms with Crippen LogP contribution in [0.4, 0.5) is 4.79 Å². The maximum Gasteiger partial charge on any atom is 0.407 e. The Hall–Kier alpha value is -1.55. The summed E-state index contributed by atoms with van der Waals surface area (Å²) >= 11 is 0. The monoisotopic (exact) mass is 237 g/mol. The lowest BCUT2D eigenvalue weighted by Crippen LogP contribution is -2.41. The summed E-state index contributed by atoms with van der Waals surface area (Å²) in [6.45, 7) is 4.01. The lowest BCUT2D eigenvalue weighted by Gasteiger charge is -2.19. The van der Waals surface area contributed by atoms with E-state index in [2.05, 4.69) is 5.32 Å². The van der Waals surface area contributed by atoms with Gasteiger partial charge >= 0.3 is 6.09 Å². The molecule has 0 spiro atoms. The molecule has 4 nitrogen and oxygen atoms in total. The van der Waals surface area contributed by atoms with Crippen LogP contribution in [-0.2, 0) is 11.3 Å². The van der Waals surface area contributed by atoms with E-state index in [4.69, 9.17) is 9.84 Å². The van der Waals surface area contributed by atoms with E-state index >= 15 is 0 Å². The van der Waals surface area contributed by atoms with Gasteiger partial charge in [0, 0.05) is 0 Å². The molecule has 94 valence electrons. The van der Waals surface area contributed by atoms with E-state index in [0.717, 1.165) is 5.56 Å². The molecule has 0 bridgehead atoms. The van der Waals surface area contributed by atoms with Crippen molar-refractivity contribution in [1.29, 1.82) is 0 Å². The second-order valence-electron chi connectivity index (χ2n) is 4.24.